The van der Waals surface area contributed by atoms with Crippen molar-refractivity contribution in [2.24, 2.45) is 0 Å². The van der Waals surface area contributed by atoms with Crippen molar-refractivity contribution < 1.29 is 17.5 Å². The third kappa shape index (κ3) is 4.38. The monoisotopic (exact) mass is 411 g/mol. The van der Waals surface area contributed by atoms with Gasteiger partial charge in [-0.1, -0.05) is 6.07 Å². The summed E-state index contributed by atoms with van der Waals surface area (Å²) in [5, 5.41) is 0. The molecule has 0 atom stereocenters. The van der Waals surface area contributed by atoms with E-state index in [9.17, 15) is 12.8 Å². The molecule has 0 fully saturated rings. The topological polar surface area (TPSA) is 99.0 Å². The van der Waals surface area contributed by atoms with Gasteiger partial charge >= 0.3 is 0 Å². The highest BCUT2D eigenvalue weighted by Crippen LogP contribution is 2.24. The second-order valence-electron chi connectivity index (χ2n) is 5.87. The van der Waals surface area contributed by atoms with Crippen molar-refractivity contribution in [1.82, 2.24) is 19.5 Å². The molecule has 0 spiro atoms. The summed E-state index contributed by atoms with van der Waals surface area (Å²) in [4.78, 5) is 12.0. The first-order valence-corrected chi connectivity index (χ1v) is 9.85. The average Bonchev–Trinajstić information content (AvgIpc) is 3.25. The summed E-state index contributed by atoms with van der Waals surface area (Å²) < 4.78 is 47.8. The van der Waals surface area contributed by atoms with Gasteiger partial charge in [0.15, 0.2) is 0 Å². The number of benzene rings is 2. The van der Waals surface area contributed by atoms with Gasteiger partial charge in [0.05, 0.1) is 4.90 Å². The first-order chi connectivity index (χ1) is 14.0. The molecule has 2 heterocycles. The Bertz CT molecular complexity index is 1230. The van der Waals surface area contributed by atoms with Gasteiger partial charge in [0, 0.05) is 24.1 Å². The van der Waals surface area contributed by atoms with Crippen LogP contribution < -0.4 is 9.46 Å². The second-order valence-corrected chi connectivity index (χ2v) is 7.56. The Labute approximate surface area is 165 Å². The molecule has 0 unspecified atom stereocenters. The zero-order chi connectivity index (χ0) is 20.3. The first kappa shape index (κ1) is 18.6. The molecule has 0 saturated carbocycles. The van der Waals surface area contributed by atoms with Gasteiger partial charge < -0.3 is 4.74 Å². The zero-order valence-corrected chi connectivity index (χ0v) is 15.6. The number of nitrogens with one attached hydrogen (secondary N) is 1. The summed E-state index contributed by atoms with van der Waals surface area (Å²) in [6, 6.07) is 12.7. The average molecular weight is 411 g/mol. The lowest BCUT2D eigenvalue weighted by Crippen LogP contribution is -2.13. The van der Waals surface area contributed by atoms with E-state index in [1.54, 1.807) is 41.5 Å². The van der Waals surface area contributed by atoms with Crippen molar-refractivity contribution in [2.45, 2.75) is 4.90 Å². The zero-order valence-electron chi connectivity index (χ0n) is 14.8. The lowest BCUT2D eigenvalue weighted by molar-refractivity contribution is 0.461. The van der Waals surface area contributed by atoms with Crippen molar-refractivity contribution in [3.8, 4) is 17.4 Å². The van der Waals surface area contributed by atoms with Crippen LogP contribution in [0.3, 0.4) is 0 Å². The van der Waals surface area contributed by atoms with Crippen LogP contribution in [0, 0.1) is 5.82 Å². The normalized spacial score (nSPS) is 11.2. The molecule has 1 N–H and O–H groups in total. The maximum atomic E-state index is 13.3. The van der Waals surface area contributed by atoms with Gasteiger partial charge in [-0.2, -0.15) is 0 Å². The van der Waals surface area contributed by atoms with Crippen LogP contribution in [-0.2, 0) is 10.0 Å². The Balaban J connectivity index is 1.48. The summed E-state index contributed by atoms with van der Waals surface area (Å²) >= 11 is 0. The van der Waals surface area contributed by atoms with E-state index in [-0.39, 0.29) is 4.90 Å². The molecular weight excluding hydrogens is 397 g/mol. The van der Waals surface area contributed by atoms with Crippen LogP contribution in [0.1, 0.15) is 0 Å². The Morgan fingerprint density at radius 2 is 1.86 bits per heavy atom. The van der Waals surface area contributed by atoms with Crippen LogP contribution in [0.15, 0.2) is 84.5 Å². The Hall–Kier alpha value is -3.79. The summed E-state index contributed by atoms with van der Waals surface area (Å²) in [6.45, 7) is 0. The first-order valence-electron chi connectivity index (χ1n) is 8.36. The van der Waals surface area contributed by atoms with E-state index in [0.29, 0.717) is 23.1 Å². The Kier molecular flexibility index (Phi) is 4.92. The van der Waals surface area contributed by atoms with Crippen molar-refractivity contribution in [1.29, 1.82) is 0 Å². The molecule has 10 heteroatoms. The van der Waals surface area contributed by atoms with E-state index in [0.717, 1.165) is 6.07 Å². The SMILES string of the molecule is O=S(=O)(Nc1ccc(Oc2cc(-n3ccnc3)ncn2)cc1)c1cccc(F)c1. The standard InChI is InChI=1S/C19H14FN5O3S/c20-14-2-1-3-17(10-14)29(26,27)24-15-4-6-16(7-5-15)28-19-11-18(22-12-23-19)25-9-8-21-13-25/h1-13,24H. The summed E-state index contributed by atoms with van der Waals surface area (Å²) in [7, 11) is -3.90. The number of hydrogen-bond donors (Lipinski definition) is 1. The Morgan fingerprint density at radius 1 is 1.03 bits per heavy atom. The van der Waals surface area contributed by atoms with Gasteiger partial charge in [-0.15, -0.1) is 0 Å². The number of hydrogen-bond acceptors (Lipinski definition) is 6. The highest BCUT2D eigenvalue weighted by atomic mass is 32.2. The maximum Gasteiger partial charge on any atom is 0.261 e. The van der Waals surface area contributed by atoms with E-state index >= 15 is 0 Å². The quantitative estimate of drug-likeness (QED) is 0.522. The van der Waals surface area contributed by atoms with E-state index in [4.69, 9.17) is 4.74 Å². The van der Waals surface area contributed by atoms with Gasteiger partial charge in [0.1, 0.15) is 30.0 Å². The van der Waals surface area contributed by atoms with Gasteiger partial charge in [-0.3, -0.25) is 9.29 Å². The molecule has 0 amide bonds. The van der Waals surface area contributed by atoms with Gasteiger partial charge in [-0.25, -0.2) is 27.8 Å². The number of anilines is 1. The van der Waals surface area contributed by atoms with Crippen molar-refractivity contribution in [2.75, 3.05) is 4.72 Å². The van der Waals surface area contributed by atoms with E-state index in [2.05, 4.69) is 19.7 Å². The number of imidazole rings is 1. The second kappa shape index (κ2) is 7.68. The molecular formula is C19H14FN5O3S. The van der Waals surface area contributed by atoms with Gasteiger partial charge in [0.25, 0.3) is 10.0 Å². The molecule has 4 rings (SSSR count). The third-order valence-corrected chi connectivity index (χ3v) is 5.21. The predicted molar refractivity (Wildman–Crippen MR) is 103 cm³/mol. The lowest BCUT2D eigenvalue weighted by Gasteiger charge is -2.10. The molecule has 0 saturated heterocycles. The predicted octanol–water partition coefficient (Wildman–Crippen LogP) is 3.39. The number of nitrogens with zero attached hydrogens (tertiary/aromatic N) is 4. The molecule has 2 aromatic carbocycles. The van der Waals surface area contributed by atoms with Crippen LogP contribution >= 0.6 is 0 Å². The fourth-order valence-corrected chi connectivity index (χ4v) is 3.57. The molecule has 0 aliphatic heterocycles. The van der Waals surface area contributed by atoms with E-state index in [1.807, 2.05) is 0 Å². The molecule has 4 aromatic rings. The van der Waals surface area contributed by atoms with Crippen LogP contribution in [0.25, 0.3) is 5.82 Å². The third-order valence-electron chi connectivity index (χ3n) is 3.83. The molecule has 0 aliphatic rings. The van der Waals surface area contributed by atoms with Crippen molar-refractivity contribution in [3.63, 3.8) is 0 Å². The fourth-order valence-electron chi connectivity index (χ4n) is 2.48. The van der Waals surface area contributed by atoms with Gasteiger partial charge in [-0.05, 0) is 42.5 Å². The van der Waals surface area contributed by atoms with Crippen LogP contribution in [0.5, 0.6) is 11.6 Å². The summed E-state index contributed by atoms with van der Waals surface area (Å²) in [6.07, 6.45) is 6.34. The molecule has 146 valence electrons. The molecule has 0 aliphatic carbocycles. The number of rotatable bonds is 6. The van der Waals surface area contributed by atoms with Gasteiger partial charge in [0.2, 0.25) is 5.88 Å². The summed E-state index contributed by atoms with van der Waals surface area (Å²) in [5.41, 5.74) is 0.309. The largest absolute Gasteiger partial charge is 0.439 e. The fraction of sp³-hybridized carbons (Fsp3) is 0. The highest BCUT2D eigenvalue weighted by Gasteiger charge is 2.15. The molecule has 2 aromatic heterocycles. The number of ether oxygens (including phenoxy) is 1. The minimum absolute atomic E-state index is 0.161. The van der Waals surface area contributed by atoms with Crippen LogP contribution in [0.4, 0.5) is 10.1 Å². The number of aromatic nitrogens is 4. The number of sulfonamides is 1. The molecule has 29 heavy (non-hydrogen) atoms. The minimum atomic E-state index is -3.90. The number of halogens is 1. The van der Waals surface area contributed by atoms with E-state index in [1.165, 1.54) is 36.7 Å². The Morgan fingerprint density at radius 3 is 2.59 bits per heavy atom. The smallest absolute Gasteiger partial charge is 0.261 e. The minimum Gasteiger partial charge on any atom is -0.439 e. The molecule has 8 nitrogen and oxygen atoms in total. The van der Waals surface area contributed by atoms with Crippen molar-refractivity contribution in [3.05, 3.63) is 85.5 Å². The van der Waals surface area contributed by atoms with Crippen LogP contribution in [-0.4, -0.2) is 27.9 Å². The highest BCUT2D eigenvalue weighted by molar-refractivity contribution is 7.92. The lowest BCUT2D eigenvalue weighted by atomic mass is 10.3. The molecule has 0 radical (unpaired) electrons. The van der Waals surface area contributed by atoms with Crippen LogP contribution in [0.2, 0.25) is 0 Å². The summed E-state index contributed by atoms with van der Waals surface area (Å²) in [5.74, 6) is 0.731. The molecule has 0 bridgehead atoms. The maximum absolute atomic E-state index is 13.3. The van der Waals surface area contributed by atoms with E-state index < -0.39 is 15.8 Å². The van der Waals surface area contributed by atoms with Crippen molar-refractivity contribution >= 4 is 15.7 Å².